The van der Waals surface area contributed by atoms with Crippen molar-refractivity contribution in [3.05, 3.63) is 47.0 Å². The smallest absolute Gasteiger partial charge is 0.191 e. The average Bonchev–Trinajstić information content (AvgIpc) is 2.88. The highest BCUT2D eigenvalue weighted by molar-refractivity contribution is 14.0. The van der Waals surface area contributed by atoms with Crippen LogP contribution >= 0.6 is 24.0 Å². The van der Waals surface area contributed by atoms with Gasteiger partial charge in [0, 0.05) is 26.6 Å². The summed E-state index contributed by atoms with van der Waals surface area (Å²) >= 11 is 0. The summed E-state index contributed by atoms with van der Waals surface area (Å²) in [6.07, 6.45) is 4.73. The summed E-state index contributed by atoms with van der Waals surface area (Å²) < 4.78 is 2.27. The molecule has 1 aromatic carbocycles. The van der Waals surface area contributed by atoms with Crippen molar-refractivity contribution >= 4 is 29.9 Å². The maximum atomic E-state index is 4.37. The molecule has 1 atom stereocenters. The molecule has 2 N–H and O–H groups in total. The monoisotopic (exact) mass is 482 g/mol. The molecular weight excluding hydrogens is 451 g/mol. The predicted molar refractivity (Wildman–Crippen MR) is 121 cm³/mol. The number of aryl methyl sites for hydroxylation is 2. The average molecular weight is 482 g/mol. The van der Waals surface area contributed by atoms with Gasteiger partial charge in [0.2, 0.25) is 0 Å². The van der Waals surface area contributed by atoms with Crippen molar-refractivity contribution in [3.63, 3.8) is 0 Å². The number of aliphatic imine (C=N–C) groups is 1. The molecule has 0 amide bonds. The first-order chi connectivity index (χ1) is 12.7. The molecule has 6 nitrogen and oxygen atoms in total. The summed E-state index contributed by atoms with van der Waals surface area (Å²) in [4.78, 5) is 4.34. The Kier molecular flexibility index (Phi) is 8.53. The van der Waals surface area contributed by atoms with Gasteiger partial charge in [-0.3, -0.25) is 4.99 Å². The van der Waals surface area contributed by atoms with Crippen molar-refractivity contribution in [1.82, 2.24) is 25.4 Å². The van der Waals surface area contributed by atoms with Gasteiger partial charge in [-0.2, -0.15) is 0 Å². The molecule has 2 heterocycles. The van der Waals surface area contributed by atoms with E-state index in [4.69, 9.17) is 0 Å². The van der Waals surface area contributed by atoms with Gasteiger partial charge in [0.1, 0.15) is 5.82 Å². The lowest BCUT2D eigenvalue weighted by molar-refractivity contribution is 0.595. The Hall–Kier alpha value is -1.64. The summed E-state index contributed by atoms with van der Waals surface area (Å²) in [5.74, 6) is 3.33. The van der Waals surface area contributed by atoms with Crippen LogP contribution in [0.4, 0.5) is 0 Å². The first kappa shape index (κ1) is 21.7. The van der Waals surface area contributed by atoms with Crippen LogP contribution in [0.3, 0.4) is 0 Å². The van der Waals surface area contributed by atoms with Crippen molar-refractivity contribution in [2.75, 3.05) is 13.6 Å². The highest BCUT2D eigenvalue weighted by Crippen LogP contribution is 2.16. The lowest BCUT2D eigenvalue weighted by Crippen LogP contribution is -2.39. The van der Waals surface area contributed by atoms with Crippen molar-refractivity contribution in [2.24, 2.45) is 4.99 Å². The Balaban J connectivity index is 0.00000261. The van der Waals surface area contributed by atoms with Crippen molar-refractivity contribution in [2.45, 2.75) is 58.5 Å². The number of hydrogen-bond donors (Lipinski definition) is 2. The molecule has 0 aliphatic carbocycles. The third kappa shape index (κ3) is 5.92. The van der Waals surface area contributed by atoms with Gasteiger partial charge in [0.25, 0.3) is 0 Å². The third-order valence-corrected chi connectivity index (χ3v) is 5.01. The molecule has 0 bridgehead atoms. The number of nitrogens with zero attached hydrogens (tertiary/aromatic N) is 4. The molecule has 7 heteroatoms. The second kappa shape index (κ2) is 10.6. The van der Waals surface area contributed by atoms with Crippen molar-refractivity contribution in [3.8, 4) is 0 Å². The first-order valence-corrected chi connectivity index (χ1v) is 9.59. The van der Waals surface area contributed by atoms with E-state index in [1.807, 2.05) is 0 Å². The number of rotatable bonds is 5. The maximum absolute atomic E-state index is 4.37. The molecule has 0 fully saturated rings. The highest BCUT2D eigenvalue weighted by atomic mass is 127. The van der Waals surface area contributed by atoms with Gasteiger partial charge >= 0.3 is 0 Å². The number of aromatic nitrogens is 3. The zero-order valence-corrected chi connectivity index (χ0v) is 18.9. The number of fused-ring (bicyclic) bond motifs is 1. The topological polar surface area (TPSA) is 67.1 Å². The lowest BCUT2D eigenvalue weighted by Gasteiger charge is -2.17. The lowest BCUT2D eigenvalue weighted by atomic mass is 9.99. The molecule has 2 aromatic rings. The second-order valence-corrected chi connectivity index (χ2v) is 7.12. The SMILES string of the molecule is CN=C(NCc1nnc2n1CCCCC2)NCC(C)c1cccc(C)c1.I. The fraction of sp³-hybridized carbons (Fsp3) is 0.550. The predicted octanol–water partition coefficient (Wildman–Crippen LogP) is 3.40. The van der Waals surface area contributed by atoms with Crippen molar-refractivity contribution < 1.29 is 0 Å². The Morgan fingerprint density at radius 2 is 2.07 bits per heavy atom. The van der Waals surface area contributed by atoms with E-state index in [-0.39, 0.29) is 24.0 Å². The summed E-state index contributed by atoms with van der Waals surface area (Å²) in [5, 5.41) is 15.5. The zero-order chi connectivity index (χ0) is 18.4. The van der Waals surface area contributed by atoms with Crippen LogP contribution in [0.1, 0.15) is 54.9 Å². The Morgan fingerprint density at radius 3 is 2.85 bits per heavy atom. The van der Waals surface area contributed by atoms with Gasteiger partial charge in [-0.15, -0.1) is 34.2 Å². The summed E-state index contributed by atoms with van der Waals surface area (Å²) in [6.45, 7) is 6.86. The van der Waals surface area contributed by atoms with Crippen LogP contribution in [-0.4, -0.2) is 34.3 Å². The summed E-state index contributed by atoms with van der Waals surface area (Å²) in [7, 11) is 1.80. The molecular formula is C20H31IN6. The molecule has 0 spiro atoms. The van der Waals surface area contributed by atoms with E-state index in [1.165, 1.54) is 30.4 Å². The minimum absolute atomic E-state index is 0. The van der Waals surface area contributed by atoms with Crippen LogP contribution < -0.4 is 10.6 Å². The third-order valence-electron chi connectivity index (χ3n) is 5.01. The molecule has 1 unspecified atom stereocenters. The van der Waals surface area contributed by atoms with E-state index in [1.54, 1.807) is 7.05 Å². The van der Waals surface area contributed by atoms with Gasteiger partial charge in [-0.1, -0.05) is 43.2 Å². The van der Waals surface area contributed by atoms with E-state index < -0.39 is 0 Å². The fourth-order valence-electron chi connectivity index (χ4n) is 3.40. The summed E-state index contributed by atoms with van der Waals surface area (Å²) in [5.41, 5.74) is 2.64. The number of guanidine groups is 1. The molecule has 1 aliphatic rings. The van der Waals surface area contributed by atoms with E-state index in [2.05, 4.69) is 68.5 Å². The normalized spacial score (nSPS) is 15.3. The van der Waals surface area contributed by atoms with Crippen LogP contribution in [0.2, 0.25) is 0 Å². The number of benzene rings is 1. The Bertz CT molecular complexity index is 755. The number of nitrogens with one attached hydrogen (secondary N) is 2. The van der Waals surface area contributed by atoms with E-state index in [0.717, 1.165) is 37.1 Å². The molecule has 1 aliphatic heterocycles. The van der Waals surface area contributed by atoms with Crippen LogP contribution in [0, 0.1) is 6.92 Å². The number of hydrogen-bond acceptors (Lipinski definition) is 3. The quantitative estimate of drug-likeness (QED) is 0.390. The Labute approximate surface area is 179 Å². The summed E-state index contributed by atoms with van der Waals surface area (Å²) in [6, 6.07) is 8.67. The van der Waals surface area contributed by atoms with Gasteiger partial charge in [0.15, 0.2) is 11.8 Å². The highest BCUT2D eigenvalue weighted by Gasteiger charge is 2.15. The number of halogens is 1. The van der Waals surface area contributed by atoms with Crippen LogP contribution in [0.25, 0.3) is 0 Å². The van der Waals surface area contributed by atoms with Gasteiger partial charge in [-0.25, -0.2) is 0 Å². The molecule has 0 saturated carbocycles. The second-order valence-electron chi connectivity index (χ2n) is 7.12. The molecule has 0 saturated heterocycles. The van der Waals surface area contributed by atoms with E-state index >= 15 is 0 Å². The zero-order valence-electron chi connectivity index (χ0n) is 16.5. The molecule has 0 radical (unpaired) electrons. The minimum atomic E-state index is 0. The molecule has 148 valence electrons. The Morgan fingerprint density at radius 1 is 1.22 bits per heavy atom. The minimum Gasteiger partial charge on any atom is -0.356 e. The van der Waals surface area contributed by atoms with Crippen LogP contribution in [0.5, 0.6) is 0 Å². The fourth-order valence-corrected chi connectivity index (χ4v) is 3.40. The largest absolute Gasteiger partial charge is 0.356 e. The van der Waals surface area contributed by atoms with E-state index in [9.17, 15) is 0 Å². The molecule has 27 heavy (non-hydrogen) atoms. The van der Waals surface area contributed by atoms with Crippen LogP contribution in [0.15, 0.2) is 29.3 Å². The van der Waals surface area contributed by atoms with Gasteiger partial charge in [-0.05, 0) is 31.2 Å². The standard InChI is InChI=1S/C20H30N6.HI/c1-15-8-7-9-17(12-15)16(2)13-22-20(21-3)23-14-19-25-24-18-10-5-4-6-11-26(18)19;/h7-9,12,16H,4-6,10-11,13-14H2,1-3H3,(H2,21,22,23);1H. The molecule has 1 aromatic heterocycles. The van der Waals surface area contributed by atoms with Gasteiger partial charge in [0.05, 0.1) is 6.54 Å². The van der Waals surface area contributed by atoms with Crippen molar-refractivity contribution in [1.29, 1.82) is 0 Å². The molecule has 3 rings (SSSR count). The maximum Gasteiger partial charge on any atom is 0.191 e. The van der Waals surface area contributed by atoms with Gasteiger partial charge < -0.3 is 15.2 Å². The first-order valence-electron chi connectivity index (χ1n) is 9.59. The van der Waals surface area contributed by atoms with E-state index in [0.29, 0.717) is 12.5 Å². The van der Waals surface area contributed by atoms with Crippen LogP contribution in [-0.2, 0) is 19.5 Å².